The van der Waals surface area contributed by atoms with Crippen molar-refractivity contribution in [1.29, 1.82) is 0 Å². The maximum absolute atomic E-state index is 11.6. The standard InChI is InChI=1S/C26H34N4O10/c31-21-8-9-22(32)30(21)11-3-1-2-10-27-19-6-4-18(5-7-19)12-20(29(16-25(37)38)17-26(39)40)13-28(14-23(33)34)15-24(35)36/h4-9,20,27H,1-3,10-17H2,(H,33,34)(H,35,36)(H,37,38)(H,39,40)/t20-/m1/s1. The highest BCUT2D eigenvalue weighted by atomic mass is 16.4. The van der Waals surface area contributed by atoms with Gasteiger partial charge in [0.2, 0.25) is 0 Å². The monoisotopic (exact) mass is 562 g/mol. The van der Waals surface area contributed by atoms with Crippen LogP contribution in [0.15, 0.2) is 36.4 Å². The third-order valence-corrected chi connectivity index (χ3v) is 6.09. The van der Waals surface area contributed by atoms with E-state index in [-0.39, 0.29) is 24.8 Å². The van der Waals surface area contributed by atoms with Crippen LogP contribution >= 0.6 is 0 Å². The molecule has 0 radical (unpaired) electrons. The van der Waals surface area contributed by atoms with Crippen molar-refractivity contribution in [1.82, 2.24) is 14.7 Å². The number of carbonyl (C=O) groups is 6. The zero-order chi connectivity index (χ0) is 29.7. The summed E-state index contributed by atoms with van der Waals surface area (Å²) in [5.41, 5.74) is 1.52. The Morgan fingerprint density at radius 3 is 1.77 bits per heavy atom. The molecule has 1 aliphatic heterocycles. The molecule has 0 bridgehead atoms. The number of imide groups is 1. The largest absolute Gasteiger partial charge is 0.480 e. The summed E-state index contributed by atoms with van der Waals surface area (Å²) in [6.45, 7) is -1.63. The number of nitrogens with zero attached hydrogens (tertiary/aromatic N) is 3. The van der Waals surface area contributed by atoms with Crippen LogP contribution in [0.3, 0.4) is 0 Å². The number of benzene rings is 1. The number of carboxylic acids is 4. The summed E-state index contributed by atoms with van der Waals surface area (Å²) in [4.78, 5) is 71.9. The number of unbranched alkanes of at least 4 members (excludes halogenated alkanes) is 2. The molecule has 14 nitrogen and oxygen atoms in total. The molecule has 2 amide bonds. The van der Waals surface area contributed by atoms with E-state index in [2.05, 4.69) is 5.32 Å². The summed E-state index contributed by atoms with van der Waals surface area (Å²) < 4.78 is 0. The molecule has 0 aliphatic carbocycles. The Hall–Kier alpha value is -4.30. The van der Waals surface area contributed by atoms with E-state index in [1.807, 2.05) is 0 Å². The van der Waals surface area contributed by atoms with Crippen LogP contribution in [0.4, 0.5) is 5.69 Å². The molecule has 0 saturated heterocycles. The highest BCUT2D eigenvalue weighted by Gasteiger charge is 2.27. The summed E-state index contributed by atoms with van der Waals surface area (Å²) in [5, 5.41) is 40.2. The first-order chi connectivity index (χ1) is 18.9. The summed E-state index contributed by atoms with van der Waals surface area (Å²) >= 11 is 0. The number of rotatable bonds is 20. The van der Waals surface area contributed by atoms with Gasteiger partial charge in [0.25, 0.3) is 11.8 Å². The summed E-state index contributed by atoms with van der Waals surface area (Å²) in [6, 6.07) is 6.33. The predicted octanol–water partition coefficient (Wildman–Crippen LogP) is 0.0473. The molecule has 14 heteroatoms. The second-order valence-corrected chi connectivity index (χ2v) is 9.35. The summed E-state index contributed by atoms with van der Waals surface area (Å²) in [6.07, 6.45) is 4.96. The second kappa shape index (κ2) is 16.0. The van der Waals surface area contributed by atoms with Crippen LogP contribution in [0.2, 0.25) is 0 Å². The van der Waals surface area contributed by atoms with Crippen molar-refractivity contribution < 1.29 is 49.2 Å². The van der Waals surface area contributed by atoms with Crippen molar-refractivity contribution in [3.8, 4) is 0 Å². The van der Waals surface area contributed by atoms with Gasteiger partial charge in [-0.1, -0.05) is 12.1 Å². The molecule has 5 N–H and O–H groups in total. The molecule has 0 fully saturated rings. The van der Waals surface area contributed by atoms with E-state index in [1.54, 1.807) is 24.3 Å². The normalized spacial score (nSPS) is 13.7. The number of carbonyl (C=O) groups excluding carboxylic acids is 2. The van der Waals surface area contributed by atoms with E-state index in [4.69, 9.17) is 0 Å². The van der Waals surface area contributed by atoms with Gasteiger partial charge < -0.3 is 25.7 Å². The third kappa shape index (κ3) is 11.6. The quantitative estimate of drug-likeness (QED) is 0.105. The Morgan fingerprint density at radius 1 is 0.750 bits per heavy atom. The van der Waals surface area contributed by atoms with Crippen LogP contribution in [0.5, 0.6) is 0 Å². The third-order valence-electron chi connectivity index (χ3n) is 6.09. The molecule has 1 aromatic rings. The van der Waals surface area contributed by atoms with Gasteiger partial charge in [0.1, 0.15) is 0 Å². The van der Waals surface area contributed by atoms with Crippen molar-refractivity contribution in [2.75, 3.05) is 51.1 Å². The van der Waals surface area contributed by atoms with Gasteiger partial charge in [-0.2, -0.15) is 0 Å². The molecule has 1 aromatic carbocycles. The average molecular weight is 563 g/mol. The molecule has 1 heterocycles. The lowest BCUT2D eigenvalue weighted by Gasteiger charge is -2.33. The lowest BCUT2D eigenvalue weighted by atomic mass is 10.0. The Balaban J connectivity index is 1.98. The highest BCUT2D eigenvalue weighted by Crippen LogP contribution is 2.16. The first kappa shape index (κ1) is 31.9. The average Bonchev–Trinajstić information content (AvgIpc) is 3.17. The van der Waals surface area contributed by atoms with Gasteiger partial charge in [0.05, 0.1) is 26.2 Å². The van der Waals surface area contributed by atoms with Crippen LogP contribution in [-0.2, 0) is 35.2 Å². The fraction of sp³-hybridized carbons (Fsp3) is 0.462. The molecule has 1 atom stereocenters. The molecule has 0 spiro atoms. The topological polar surface area (TPSA) is 205 Å². The predicted molar refractivity (Wildman–Crippen MR) is 141 cm³/mol. The minimum atomic E-state index is -1.27. The van der Waals surface area contributed by atoms with Gasteiger partial charge in [-0.25, -0.2) is 0 Å². The van der Waals surface area contributed by atoms with Crippen molar-refractivity contribution in [3.05, 3.63) is 42.0 Å². The SMILES string of the molecule is O=C(O)CN(CC(=O)O)C[C@@H](Cc1ccc(NCCCCCN2C(=O)C=CC2=O)cc1)N(CC(=O)O)CC(=O)O. The van der Waals surface area contributed by atoms with Gasteiger partial charge in [0.15, 0.2) is 0 Å². The van der Waals surface area contributed by atoms with Crippen molar-refractivity contribution in [2.45, 2.75) is 31.7 Å². The van der Waals surface area contributed by atoms with Crippen LogP contribution in [0, 0.1) is 0 Å². The Kier molecular flexibility index (Phi) is 12.7. The lowest BCUT2D eigenvalue weighted by Crippen LogP contribution is -2.50. The van der Waals surface area contributed by atoms with Crippen LogP contribution in [0.25, 0.3) is 0 Å². The molecule has 0 saturated carbocycles. The number of amides is 2. The van der Waals surface area contributed by atoms with Crippen molar-refractivity contribution in [2.24, 2.45) is 0 Å². The fourth-order valence-corrected chi connectivity index (χ4v) is 4.32. The van der Waals surface area contributed by atoms with E-state index in [1.165, 1.54) is 22.0 Å². The molecule has 0 aromatic heterocycles. The van der Waals surface area contributed by atoms with Gasteiger partial charge in [-0.05, 0) is 43.4 Å². The summed E-state index contributed by atoms with van der Waals surface area (Å²) in [7, 11) is 0. The lowest BCUT2D eigenvalue weighted by molar-refractivity contribution is -0.146. The molecule has 2 rings (SSSR count). The van der Waals surface area contributed by atoms with Crippen LogP contribution in [-0.4, -0.2) is 123 Å². The van der Waals surface area contributed by atoms with Gasteiger partial charge in [-0.3, -0.25) is 43.5 Å². The Bertz CT molecular complexity index is 1060. The zero-order valence-corrected chi connectivity index (χ0v) is 21.9. The second-order valence-electron chi connectivity index (χ2n) is 9.35. The van der Waals surface area contributed by atoms with E-state index >= 15 is 0 Å². The van der Waals surface area contributed by atoms with Gasteiger partial charge >= 0.3 is 23.9 Å². The molecule has 0 unspecified atom stereocenters. The van der Waals surface area contributed by atoms with Crippen LogP contribution in [0.1, 0.15) is 24.8 Å². The highest BCUT2D eigenvalue weighted by molar-refractivity contribution is 6.12. The smallest absolute Gasteiger partial charge is 0.317 e. The Morgan fingerprint density at radius 2 is 1.27 bits per heavy atom. The number of hydrogen-bond acceptors (Lipinski definition) is 9. The fourth-order valence-electron chi connectivity index (χ4n) is 4.32. The molecule has 1 aliphatic rings. The van der Waals surface area contributed by atoms with E-state index < -0.39 is 56.1 Å². The Labute approximate surface area is 230 Å². The number of aliphatic carboxylic acids is 4. The summed E-state index contributed by atoms with van der Waals surface area (Å²) in [5.74, 6) is -5.68. The van der Waals surface area contributed by atoms with Crippen molar-refractivity contribution >= 4 is 41.4 Å². The molecule has 40 heavy (non-hydrogen) atoms. The van der Waals surface area contributed by atoms with E-state index in [9.17, 15) is 49.2 Å². The molecular formula is C26H34N4O10. The number of hydrogen-bond donors (Lipinski definition) is 5. The minimum absolute atomic E-state index is 0.152. The number of carboxylic acid groups (broad SMARTS) is 4. The first-order valence-electron chi connectivity index (χ1n) is 12.6. The minimum Gasteiger partial charge on any atom is -0.480 e. The maximum Gasteiger partial charge on any atom is 0.317 e. The van der Waals surface area contributed by atoms with Gasteiger partial charge in [-0.15, -0.1) is 0 Å². The first-order valence-corrected chi connectivity index (χ1v) is 12.6. The molecular weight excluding hydrogens is 528 g/mol. The number of anilines is 1. The molecule has 218 valence electrons. The van der Waals surface area contributed by atoms with Crippen molar-refractivity contribution in [3.63, 3.8) is 0 Å². The van der Waals surface area contributed by atoms with Crippen LogP contribution < -0.4 is 5.32 Å². The van der Waals surface area contributed by atoms with E-state index in [0.717, 1.165) is 29.0 Å². The zero-order valence-electron chi connectivity index (χ0n) is 21.9. The van der Waals surface area contributed by atoms with Gasteiger partial charge in [0, 0.05) is 43.5 Å². The maximum atomic E-state index is 11.6. The number of nitrogens with one attached hydrogen (secondary N) is 1. The van der Waals surface area contributed by atoms with E-state index in [0.29, 0.717) is 19.5 Å².